The summed E-state index contributed by atoms with van der Waals surface area (Å²) in [6, 6.07) is 0. The summed E-state index contributed by atoms with van der Waals surface area (Å²) in [6.45, 7) is 4.64. The zero-order chi connectivity index (χ0) is 70.4. The molecule has 2 unspecified atom stereocenters. The predicted octanol–water partition coefficient (Wildman–Crippen LogP) is 24.7. The molecule has 97 heavy (non-hydrogen) atoms. The van der Waals surface area contributed by atoms with Crippen molar-refractivity contribution in [2.45, 2.75) is 360 Å². The van der Waals surface area contributed by atoms with Gasteiger partial charge >= 0.3 is 11.9 Å². The summed E-state index contributed by atoms with van der Waals surface area (Å²) in [5.74, 6) is -2.28. The van der Waals surface area contributed by atoms with Gasteiger partial charge in [0, 0.05) is 12.8 Å². The summed E-state index contributed by atoms with van der Waals surface area (Å²) >= 11 is 0. The fourth-order valence-electron chi connectivity index (χ4n) is 11.3. The molecule has 0 aromatic carbocycles. The molecule has 0 aliphatic heterocycles. The number of carboxylic acids is 1. The molecule has 0 aliphatic carbocycles. The van der Waals surface area contributed by atoms with E-state index in [9.17, 15) is 19.5 Å². The lowest BCUT2D eigenvalue weighted by Gasteiger charge is -2.26. The molecular weight excluding hydrogens is 1200 g/mol. The normalized spacial score (nSPS) is 13.4. The van der Waals surface area contributed by atoms with Crippen molar-refractivity contribution in [3.63, 3.8) is 0 Å². The van der Waals surface area contributed by atoms with E-state index in [1.165, 1.54) is 205 Å². The highest BCUT2D eigenvalue weighted by Crippen LogP contribution is 2.18. The molecule has 0 radical (unpaired) electrons. The number of rotatable bonds is 74. The summed E-state index contributed by atoms with van der Waals surface area (Å²) in [7, 11) is 5.94. The van der Waals surface area contributed by atoms with Crippen molar-refractivity contribution < 1.29 is 42.9 Å². The number of hydrogen-bond acceptors (Lipinski definition) is 8. The van der Waals surface area contributed by atoms with Crippen LogP contribution in [-0.2, 0) is 33.3 Å². The molecule has 0 amide bonds. The van der Waals surface area contributed by atoms with Crippen LogP contribution in [0.3, 0.4) is 0 Å². The fourth-order valence-corrected chi connectivity index (χ4v) is 11.3. The molecule has 9 nitrogen and oxygen atoms in total. The van der Waals surface area contributed by atoms with Crippen molar-refractivity contribution in [3.05, 3.63) is 134 Å². The zero-order valence-electron chi connectivity index (χ0n) is 63.7. The lowest BCUT2D eigenvalue weighted by Crippen LogP contribution is -2.44. The molecule has 0 aromatic rings. The van der Waals surface area contributed by atoms with Crippen molar-refractivity contribution in [1.82, 2.24) is 0 Å². The first-order valence-corrected chi connectivity index (χ1v) is 40.3. The molecule has 0 saturated heterocycles. The number of carboxylic acid groups (broad SMARTS) is 1. The smallest absolute Gasteiger partial charge is 0.306 e. The van der Waals surface area contributed by atoms with Crippen LogP contribution in [0.1, 0.15) is 348 Å². The van der Waals surface area contributed by atoms with Gasteiger partial charge in [0.05, 0.1) is 40.3 Å². The summed E-state index contributed by atoms with van der Waals surface area (Å²) in [5, 5.41) is 11.9. The molecule has 0 spiro atoms. The second-order valence-corrected chi connectivity index (χ2v) is 28.0. The Bertz CT molecular complexity index is 2060. The molecule has 0 N–H and O–H groups in total. The van der Waals surface area contributed by atoms with Crippen LogP contribution in [0.25, 0.3) is 0 Å². The van der Waals surface area contributed by atoms with Gasteiger partial charge in [0.15, 0.2) is 12.4 Å². The van der Waals surface area contributed by atoms with Crippen molar-refractivity contribution >= 4 is 17.9 Å². The van der Waals surface area contributed by atoms with Gasteiger partial charge in [-0.3, -0.25) is 9.59 Å². The molecule has 556 valence electrons. The Balaban J connectivity index is 4.05. The highest BCUT2D eigenvalue weighted by Gasteiger charge is 2.22. The first-order chi connectivity index (χ1) is 47.6. The average molecular weight is 1350 g/mol. The summed E-state index contributed by atoms with van der Waals surface area (Å²) in [6.07, 6.45) is 109. The number of unbranched alkanes of at least 4 members (excludes halogenated alkanes) is 37. The lowest BCUT2D eigenvalue weighted by atomic mass is 10.0. The molecular formula is C88H151NO8. The maximum absolute atomic E-state index is 13.0. The Kier molecular flexibility index (Phi) is 73.5. The number of carbonyl (C=O) groups excluding carboxylic acids is 3. The Morgan fingerprint density at radius 2 is 0.588 bits per heavy atom. The highest BCUT2D eigenvalue weighted by atomic mass is 16.7. The third-order valence-electron chi connectivity index (χ3n) is 17.4. The third-order valence-corrected chi connectivity index (χ3v) is 17.4. The number of quaternary nitrogens is 1. The van der Waals surface area contributed by atoms with Crippen LogP contribution in [0.2, 0.25) is 0 Å². The highest BCUT2D eigenvalue weighted by molar-refractivity contribution is 5.70. The summed E-state index contributed by atoms with van der Waals surface area (Å²) in [4.78, 5) is 37.6. The number of nitrogens with zero attached hydrogens (tertiary/aromatic N) is 1. The van der Waals surface area contributed by atoms with Gasteiger partial charge in [-0.2, -0.15) is 0 Å². The molecule has 0 bridgehead atoms. The topological polar surface area (TPSA) is 111 Å². The van der Waals surface area contributed by atoms with Crippen LogP contribution in [0.5, 0.6) is 0 Å². The van der Waals surface area contributed by atoms with Gasteiger partial charge in [0.2, 0.25) is 0 Å². The van der Waals surface area contributed by atoms with E-state index in [2.05, 4.69) is 148 Å². The minimum atomic E-state index is -1.63. The third kappa shape index (κ3) is 78.6. The number of esters is 2. The number of ether oxygens (including phenoxy) is 4. The van der Waals surface area contributed by atoms with Crippen LogP contribution in [0, 0.1) is 0 Å². The minimum Gasteiger partial charge on any atom is -0.545 e. The predicted molar refractivity (Wildman–Crippen MR) is 416 cm³/mol. The van der Waals surface area contributed by atoms with Gasteiger partial charge in [0.25, 0.3) is 0 Å². The first-order valence-electron chi connectivity index (χ1n) is 40.3. The van der Waals surface area contributed by atoms with Crippen molar-refractivity contribution in [3.8, 4) is 0 Å². The fraction of sp³-hybridized carbons (Fsp3) is 0.716. The Hall–Kier alpha value is -4.57. The van der Waals surface area contributed by atoms with Gasteiger partial charge in [-0.15, -0.1) is 0 Å². The SMILES string of the molecule is CC/C=C\C/C=C\C/C=C\C/C=C\C/C=C\C/C=C\C/C=C\C/C=C\CCCCCCCCCCCCC(=O)OC(COC(=O)CCCCCCCCCCCCCCCCCCCCCCCC/C=C\C/C=C\C/C=C\CCCCCCC)COC(OCC[N+](C)(C)C)C(=O)[O-]. The molecule has 0 rings (SSSR count). The number of likely N-dealkylation sites (N-methyl/N-ethyl adjacent to an activating group) is 1. The Labute approximate surface area is 599 Å². The first kappa shape index (κ1) is 92.4. The van der Waals surface area contributed by atoms with E-state index in [1.807, 2.05) is 21.1 Å². The Morgan fingerprint density at radius 1 is 0.320 bits per heavy atom. The number of aliphatic carboxylic acids is 1. The zero-order valence-corrected chi connectivity index (χ0v) is 63.7. The number of hydrogen-bond donors (Lipinski definition) is 0. The lowest BCUT2D eigenvalue weighted by molar-refractivity contribution is -0.870. The monoisotopic (exact) mass is 1350 g/mol. The van der Waals surface area contributed by atoms with E-state index in [4.69, 9.17) is 18.9 Å². The largest absolute Gasteiger partial charge is 0.545 e. The summed E-state index contributed by atoms with van der Waals surface area (Å²) in [5.41, 5.74) is 0. The quantitative estimate of drug-likeness (QED) is 0.0195. The van der Waals surface area contributed by atoms with E-state index in [0.717, 1.165) is 109 Å². The van der Waals surface area contributed by atoms with E-state index in [1.54, 1.807) is 0 Å². The molecule has 0 saturated carbocycles. The van der Waals surface area contributed by atoms with E-state index < -0.39 is 24.3 Å². The Morgan fingerprint density at radius 3 is 0.876 bits per heavy atom. The van der Waals surface area contributed by atoms with E-state index >= 15 is 0 Å². The van der Waals surface area contributed by atoms with Gasteiger partial charge in [0.1, 0.15) is 13.2 Å². The average Bonchev–Trinajstić information content (AvgIpc) is 3.74. The van der Waals surface area contributed by atoms with Crippen LogP contribution in [-0.4, -0.2) is 82.3 Å². The van der Waals surface area contributed by atoms with E-state index in [0.29, 0.717) is 17.4 Å². The number of allylic oxidation sites excluding steroid dienone is 22. The van der Waals surface area contributed by atoms with Gasteiger partial charge in [-0.1, -0.05) is 353 Å². The van der Waals surface area contributed by atoms with Crippen LogP contribution in [0.15, 0.2) is 134 Å². The standard InChI is InChI=1S/C88H151NO8/c1-6-8-10-12-14-16-18-20-22-24-26-28-30-32-34-36-38-40-42-43-45-46-48-50-52-54-56-58-60-62-64-66-68-70-72-74-76-78-85(90)95-82-84(83-96-88(87(92)93)94-81-80-89(3,4)5)97-86(91)79-77-75-73-71-69-67-65-63-61-59-57-55-53-51-49-47-44-41-39-37-35-33-31-29-27-25-23-21-19-17-15-13-11-9-7-2/h9,11,15,17-18,20-21,23-24,26-27,29-30,32-33,35,39,41,47,49,53,55,84,88H,6-8,10,12-14,16,19,22,25,28,31,34,36-38,40,42-46,48,50-52,54,56-83H2,1-5H3/b11-9-,17-15-,20-18-,23-21-,26-24-,29-27-,32-30-,35-33-,41-39-,49-47-,55-53-. The minimum absolute atomic E-state index is 0.143. The van der Waals surface area contributed by atoms with Gasteiger partial charge in [-0.05, 0) is 116 Å². The van der Waals surface area contributed by atoms with Crippen LogP contribution in [0.4, 0.5) is 0 Å². The van der Waals surface area contributed by atoms with Crippen molar-refractivity contribution in [1.29, 1.82) is 0 Å². The second kappa shape index (κ2) is 77.2. The molecule has 2 atom stereocenters. The molecule has 9 heteroatoms. The summed E-state index contributed by atoms with van der Waals surface area (Å²) < 4.78 is 22.9. The maximum atomic E-state index is 13.0. The maximum Gasteiger partial charge on any atom is 0.306 e. The van der Waals surface area contributed by atoms with Crippen LogP contribution >= 0.6 is 0 Å². The molecule has 0 aliphatic rings. The van der Waals surface area contributed by atoms with Gasteiger partial charge < -0.3 is 33.3 Å². The van der Waals surface area contributed by atoms with Crippen molar-refractivity contribution in [2.24, 2.45) is 0 Å². The van der Waals surface area contributed by atoms with Crippen LogP contribution < -0.4 is 5.11 Å². The molecule has 0 heterocycles. The molecule has 0 aromatic heterocycles. The number of carbonyl (C=O) groups is 3. The van der Waals surface area contributed by atoms with Gasteiger partial charge in [-0.25, -0.2) is 0 Å². The second-order valence-electron chi connectivity index (χ2n) is 28.0. The van der Waals surface area contributed by atoms with E-state index in [-0.39, 0.29) is 38.6 Å². The molecule has 0 fully saturated rings. The van der Waals surface area contributed by atoms with Crippen molar-refractivity contribution in [2.75, 3.05) is 47.5 Å².